The SMILES string of the molecule is COc1ccc(CC(N)C2CCOC3(CCSC3)C2)cn1. The maximum atomic E-state index is 6.48. The van der Waals surface area contributed by atoms with E-state index in [9.17, 15) is 0 Å². The summed E-state index contributed by atoms with van der Waals surface area (Å²) in [4.78, 5) is 4.26. The lowest BCUT2D eigenvalue weighted by Crippen LogP contribution is -2.46. The summed E-state index contributed by atoms with van der Waals surface area (Å²) in [5, 5.41) is 0. The Kier molecular flexibility index (Phi) is 4.72. The smallest absolute Gasteiger partial charge is 0.212 e. The number of nitrogens with two attached hydrogens (primary N) is 1. The third-order valence-corrected chi connectivity index (χ3v) is 5.90. The minimum absolute atomic E-state index is 0.114. The van der Waals surface area contributed by atoms with E-state index >= 15 is 0 Å². The highest BCUT2D eigenvalue weighted by Gasteiger charge is 2.41. The quantitative estimate of drug-likeness (QED) is 0.924. The normalized spacial score (nSPS) is 30.5. The van der Waals surface area contributed by atoms with E-state index in [0.29, 0.717) is 11.8 Å². The van der Waals surface area contributed by atoms with E-state index in [1.165, 1.54) is 17.7 Å². The first-order chi connectivity index (χ1) is 10.2. The highest BCUT2D eigenvalue weighted by molar-refractivity contribution is 7.99. The number of aromatic nitrogens is 1. The molecule has 2 fully saturated rings. The van der Waals surface area contributed by atoms with Crippen LogP contribution in [0.5, 0.6) is 5.88 Å². The Labute approximate surface area is 130 Å². The average molecular weight is 308 g/mol. The summed E-state index contributed by atoms with van der Waals surface area (Å²) in [5.74, 6) is 3.57. The first-order valence-corrected chi connectivity index (χ1v) is 8.82. The fourth-order valence-corrected chi connectivity index (χ4v) is 4.76. The fraction of sp³-hybridized carbons (Fsp3) is 0.688. The summed E-state index contributed by atoms with van der Waals surface area (Å²) >= 11 is 2.01. The van der Waals surface area contributed by atoms with Crippen molar-refractivity contribution in [2.45, 2.75) is 37.3 Å². The van der Waals surface area contributed by atoms with Crippen molar-refractivity contribution in [1.29, 1.82) is 0 Å². The molecule has 0 bridgehead atoms. The molecule has 2 saturated heterocycles. The van der Waals surface area contributed by atoms with Gasteiger partial charge in [0.05, 0.1) is 12.7 Å². The lowest BCUT2D eigenvalue weighted by Gasteiger charge is -2.40. The van der Waals surface area contributed by atoms with Crippen LogP contribution in [0.25, 0.3) is 0 Å². The zero-order valence-corrected chi connectivity index (χ0v) is 13.4. The topological polar surface area (TPSA) is 57.4 Å². The Morgan fingerprint density at radius 2 is 2.48 bits per heavy atom. The van der Waals surface area contributed by atoms with Gasteiger partial charge in [0.15, 0.2) is 0 Å². The molecule has 4 nitrogen and oxygen atoms in total. The zero-order valence-electron chi connectivity index (χ0n) is 12.6. The number of ether oxygens (including phenoxy) is 2. The van der Waals surface area contributed by atoms with Crippen molar-refractivity contribution >= 4 is 11.8 Å². The molecule has 1 aromatic rings. The summed E-state index contributed by atoms with van der Waals surface area (Å²) in [6.07, 6.45) is 6.14. The Bertz CT molecular complexity index is 460. The van der Waals surface area contributed by atoms with Gasteiger partial charge in [-0.3, -0.25) is 0 Å². The molecule has 0 saturated carbocycles. The maximum Gasteiger partial charge on any atom is 0.212 e. The van der Waals surface area contributed by atoms with E-state index in [1.54, 1.807) is 7.11 Å². The first kappa shape index (κ1) is 15.1. The summed E-state index contributed by atoms with van der Waals surface area (Å²) in [6, 6.07) is 4.15. The van der Waals surface area contributed by atoms with Crippen LogP contribution in [0.4, 0.5) is 0 Å². The molecule has 2 N–H and O–H groups in total. The van der Waals surface area contributed by atoms with E-state index in [4.69, 9.17) is 15.2 Å². The van der Waals surface area contributed by atoms with Crippen LogP contribution < -0.4 is 10.5 Å². The van der Waals surface area contributed by atoms with Crippen molar-refractivity contribution in [3.8, 4) is 5.88 Å². The predicted octanol–water partition coefficient (Wildman–Crippen LogP) is 2.26. The molecule has 3 heterocycles. The second-order valence-electron chi connectivity index (χ2n) is 6.16. The molecule has 3 rings (SSSR count). The molecule has 3 atom stereocenters. The van der Waals surface area contributed by atoms with Crippen LogP contribution in [-0.2, 0) is 11.2 Å². The lowest BCUT2D eigenvalue weighted by molar-refractivity contribution is -0.0831. The van der Waals surface area contributed by atoms with Crippen LogP contribution in [0.1, 0.15) is 24.8 Å². The molecule has 0 amide bonds. The minimum Gasteiger partial charge on any atom is -0.481 e. The van der Waals surface area contributed by atoms with Crippen LogP contribution >= 0.6 is 11.8 Å². The Balaban J connectivity index is 1.60. The highest BCUT2D eigenvalue weighted by atomic mass is 32.2. The zero-order chi connectivity index (χ0) is 14.7. The van der Waals surface area contributed by atoms with E-state index < -0.39 is 0 Å². The third kappa shape index (κ3) is 3.52. The maximum absolute atomic E-state index is 6.48. The van der Waals surface area contributed by atoms with Gasteiger partial charge in [0.2, 0.25) is 5.88 Å². The summed E-state index contributed by atoms with van der Waals surface area (Å²) in [6.45, 7) is 0.861. The van der Waals surface area contributed by atoms with Crippen LogP contribution in [0, 0.1) is 5.92 Å². The number of pyridine rings is 1. The average Bonchev–Trinajstić information content (AvgIpc) is 2.96. The van der Waals surface area contributed by atoms with Crippen LogP contribution in [0.3, 0.4) is 0 Å². The van der Waals surface area contributed by atoms with Gasteiger partial charge in [-0.1, -0.05) is 6.07 Å². The molecule has 1 aromatic heterocycles. The summed E-state index contributed by atoms with van der Waals surface area (Å²) < 4.78 is 11.2. The van der Waals surface area contributed by atoms with Gasteiger partial charge in [0.25, 0.3) is 0 Å². The highest BCUT2D eigenvalue weighted by Crippen LogP contribution is 2.41. The number of hydrogen-bond acceptors (Lipinski definition) is 5. The molecule has 2 aliphatic heterocycles. The van der Waals surface area contributed by atoms with Gasteiger partial charge in [-0.25, -0.2) is 4.98 Å². The van der Waals surface area contributed by atoms with Gasteiger partial charge in [-0.05, 0) is 42.9 Å². The molecule has 3 unspecified atom stereocenters. The minimum atomic E-state index is 0.114. The molecule has 21 heavy (non-hydrogen) atoms. The lowest BCUT2D eigenvalue weighted by atomic mass is 9.80. The van der Waals surface area contributed by atoms with Crippen molar-refractivity contribution in [3.05, 3.63) is 23.9 Å². The molecule has 0 aromatic carbocycles. The van der Waals surface area contributed by atoms with Crippen LogP contribution in [0.15, 0.2) is 18.3 Å². The van der Waals surface area contributed by atoms with Crippen molar-refractivity contribution in [3.63, 3.8) is 0 Å². The van der Waals surface area contributed by atoms with E-state index in [0.717, 1.165) is 31.6 Å². The molecule has 0 aliphatic carbocycles. The first-order valence-electron chi connectivity index (χ1n) is 7.67. The van der Waals surface area contributed by atoms with Gasteiger partial charge in [-0.2, -0.15) is 11.8 Å². The van der Waals surface area contributed by atoms with E-state index in [-0.39, 0.29) is 11.6 Å². The Morgan fingerprint density at radius 3 is 3.14 bits per heavy atom. The second-order valence-corrected chi connectivity index (χ2v) is 7.27. The van der Waals surface area contributed by atoms with Crippen LogP contribution in [-0.4, -0.2) is 41.8 Å². The molecule has 0 radical (unpaired) electrons. The van der Waals surface area contributed by atoms with Gasteiger partial charge in [0.1, 0.15) is 0 Å². The van der Waals surface area contributed by atoms with Crippen molar-refractivity contribution in [1.82, 2.24) is 4.98 Å². The van der Waals surface area contributed by atoms with Gasteiger partial charge >= 0.3 is 0 Å². The second kappa shape index (κ2) is 6.55. The largest absolute Gasteiger partial charge is 0.481 e. The monoisotopic (exact) mass is 308 g/mol. The molecular formula is C16H24N2O2S. The molecule has 5 heteroatoms. The van der Waals surface area contributed by atoms with Gasteiger partial charge in [0, 0.05) is 30.7 Å². The number of thioether (sulfide) groups is 1. The number of methoxy groups -OCH3 is 1. The third-order valence-electron chi connectivity index (χ3n) is 4.68. The predicted molar refractivity (Wildman–Crippen MR) is 85.8 cm³/mol. The van der Waals surface area contributed by atoms with Crippen molar-refractivity contribution in [2.75, 3.05) is 25.2 Å². The Hall–Kier alpha value is -0.780. The molecule has 1 spiro atoms. The fourth-order valence-electron chi connectivity index (χ4n) is 3.39. The Morgan fingerprint density at radius 1 is 1.57 bits per heavy atom. The van der Waals surface area contributed by atoms with E-state index in [2.05, 4.69) is 11.1 Å². The van der Waals surface area contributed by atoms with Crippen molar-refractivity contribution in [2.24, 2.45) is 11.7 Å². The van der Waals surface area contributed by atoms with E-state index in [1.807, 2.05) is 24.0 Å². The van der Waals surface area contributed by atoms with Crippen molar-refractivity contribution < 1.29 is 9.47 Å². The number of nitrogens with zero attached hydrogens (tertiary/aromatic N) is 1. The van der Waals surface area contributed by atoms with Gasteiger partial charge in [-0.15, -0.1) is 0 Å². The van der Waals surface area contributed by atoms with Crippen LogP contribution in [0.2, 0.25) is 0 Å². The molecular weight excluding hydrogens is 284 g/mol. The van der Waals surface area contributed by atoms with Gasteiger partial charge < -0.3 is 15.2 Å². The number of rotatable bonds is 4. The summed E-state index contributed by atoms with van der Waals surface area (Å²) in [5.41, 5.74) is 7.78. The summed E-state index contributed by atoms with van der Waals surface area (Å²) in [7, 11) is 1.63. The number of hydrogen-bond donors (Lipinski definition) is 1. The standard InChI is InChI=1S/C16H24N2O2S/c1-19-15-3-2-12(10-18-15)8-14(17)13-4-6-20-16(9-13)5-7-21-11-16/h2-3,10,13-14H,4-9,11,17H2,1H3. The molecule has 116 valence electrons. The molecule has 2 aliphatic rings.